The van der Waals surface area contributed by atoms with Crippen molar-refractivity contribution in [3.63, 3.8) is 0 Å². The molecule has 6 nitrogen and oxygen atoms in total. The highest BCUT2D eigenvalue weighted by Gasteiger charge is 2.16. The number of carboxylic acids is 1. The van der Waals surface area contributed by atoms with Crippen LogP contribution < -0.4 is 5.32 Å². The van der Waals surface area contributed by atoms with Gasteiger partial charge in [0.1, 0.15) is 17.7 Å². The first kappa shape index (κ1) is 12.6. The summed E-state index contributed by atoms with van der Waals surface area (Å²) in [6.07, 6.45) is 1.45. The Hall–Kier alpha value is -1.43. The Morgan fingerprint density at radius 3 is 2.69 bits per heavy atom. The first-order chi connectivity index (χ1) is 7.56. The number of hydrogen-bond acceptors (Lipinski definition) is 4. The fraction of sp³-hybridized carbons (Fsp3) is 0.700. The molecular formula is C10H18N4O2. The standard InChI is InChI=1S/C10H18N4O2/c1-4-5-8(10(15)16)11-6-9-13-12-7(2)14(9)3/h8,11H,4-6H2,1-3H3,(H,15,16). The Morgan fingerprint density at radius 1 is 1.56 bits per heavy atom. The lowest BCUT2D eigenvalue weighted by Crippen LogP contribution is -2.36. The van der Waals surface area contributed by atoms with Crippen LogP contribution in [0.1, 0.15) is 31.4 Å². The zero-order valence-corrected chi connectivity index (χ0v) is 9.90. The van der Waals surface area contributed by atoms with Crippen molar-refractivity contribution in [1.29, 1.82) is 0 Å². The highest BCUT2D eigenvalue weighted by Crippen LogP contribution is 2.01. The molecule has 1 heterocycles. The number of carboxylic acid groups (broad SMARTS) is 1. The molecule has 0 aliphatic rings. The Balaban J connectivity index is 2.55. The molecule has 6 heteroatoms. The van der Waals surface area contributed by atoms with Crippen LogP contribution in [0.4, 0.5) is 0 Å². The first-order valence-corrected chi connectivity index (χ1v) is 5.37. The van der Waals surface area contributed by atoms with Crippen LogP contribution >= 0.6 is 0 Å². The van der Waals surface area contributed by atoms with Crippen molar-refractivity contribution in [2.45, 2.75) is 39.3 Å². The van der Waals surface area contributed by atoms with E-state index in [0.717, 1.165) is 18.1 Å². The van der Waals surface area contributed by atoms with Crippen molar-refractivity contribution in [2.24, 2.45) is 7.05 Å². The van der Waals surface area contributed by atoms with Gasteiger partial charge in [-0.05, 0) is 13.3 Å². The zero-order valence-electron chi connectivity index (χ0n) is 9.90. The maximum Gasteiger partial charge on any atom is 0.320 e. The summed E-state index contributed by atoms with van der Waals surface area (Å²) < 4.78 is 1.85. The zero-order chi connectivity index (χ0) is 12.1. The summed E-state index contributed by atoms with van der Waals surface area (Å²) in [6, 6.07) is -0.512. The molecule has 2 N–H and O–H groups in total. The fourth-order valence-electron chi connectivity index (χ4n) is 1.42. The van der Waals surface area contributed by atoms with Crippen molar-refractivity contribution in [1.82, 2.24) is 20.1 Å². The van der Waals surface area contributed by atoms with Gasteiger partial charge < -0.3 is 9.67 Å². The number of aryl methyl sites for hydroxylation is 1. The third-order valence-corrected chi connectivity index (χ3v) is 2.56. The van der Waals surface area contributed by atoms with E-state index in [9.17, 15) is 4.79 Å². The molecule has 0 aromatic carbocycles. The minimum Gasteiger partial charge on any atom is -0.480 e. The molecule has 1 atom stereocenters. The van der Waals surface area contributed by atoms with Crippen LogP contribution in [0, 0.1) is 6.92 Å². The summed E-state index contributed by atoms with van der Waals surface area (Å²) in [7, 11) is 1.86. The van der Waals surface area contributed by atoms with Gasteiger partial charge in [0.2, 0.25) is 0 Å². The predicted molar refractivity (Wildman–Crippen MR) is 58.9 cm³/mol. The van der Waals surface area contributed by atoms with E-state index < -0.39 is 12.0 Å². The van der Waals surface area contributed by atoms with Gasteiger partial charge in [-0.25, -0.2) is 0 Å². The van der Waals surface area contributed by atoms with Crippen LogP contribution in [0.5, 0.6) is 0 Å². The lowest BCUT2D eigenvalue weighted by atomic mass is 10.2. The molecule has 0 aliphatic heterocycles. The monoisotopic (exact) mass is 226 g/mol. The van der Waals surface area contributed by atoms with Crippen LogP contribution in [-0.4, -0.2) is 31.9 Å². The molecule has 0 aliphatic carbocycles. The average Bonchev–Trinajstić information content (AvgIpc) is 2.55. The van der Waals surface area contributed by atoms with Gasteiger partial charge in [0, 0.05) is 7.05 Å². The minimum absolute atomic E-state index is 0.425. The maximum atomic E-state index is 10.9. The number of nitrogens with zero attached hydrogens (tertiary/aromatic N) is 3. The number of carbonyl (C=O) groups is 1. The van der Waals surface area contributed by atoms with Gasteiger partial charge in [-0.15, -0.1) is 10.2 Å². The van der Waals surface area contributed by atoms with E-state index in [1.807, 2.05) is 25.5 Å². The minimum atomic E-state index is -0.819. The fourth-order valence-corrected chi connectivity index (χ4v) is 1.42. The Bertz CT molecular complexity index is 362. The van der Waals surface area contributed by atoms with Crippen molar-refractivity contribution in [3.05, 3.63) is 11.6 Å². The van der Waals surface area contributed by atoms with Gasteiger partial charge in [0.05, 0.1) is 6.54 Å². The summed E-state index contributed by atoms with van der Waals surface area (Å²) in [5.74, 6) is 0.750. The van der Waals surface area contributed by atoms with Gasteiger partial charge in [0.25, 0.3) is 0 Å². The van der Waals surface area contributed by atoms with Crippen molar-refractivity contribution < 1.29 is 9.90 Å². The SMILES string of the molecule is CCCC(NCc1nnc(C)n1C)C(=O)O. The second-order valence-corrected chi connectivity index (χ2v) is 3.78. The number of rotatable bonds is 6. The van der Waals surface area contributed by atoms with E-state index in [0.29, 0.717) is 13.0 Å². The van der Waals surface area contributed by atoms with Gasteiger partial charge in [-0.3, -0.25) is 10.1 Å². The molecular weight excluding hydrogens is 208 g/mol. The topological polar surface area (TPSA) is 80.0 Å². The summed E-state index contributed by atoms with van der Waals surface area (Å²) in [6.45, 7) is 4.25. The molecule has 0 bridgehead atoms. The Morgan fingerprint density at radius 2 is 2.25 bits per heavy atom. The highest BCUT2D eigenvalue weighted by molar-refractivity contribution is 5.73. The molecule has 1 aromatic heterocycles. The molecule has 0 amide bonds. The average molecular weight is 226 g/mol. The van der Waals surface area contributed by atoms with E-state index >= 15 is 0 Å². The molecule has 1 unspecified atom stereocenters. The van der Waals surface area contributed by atoms with Gasteiger partial charge >= 0.3 is 5.97 Å². The van der Waals surface area contributed by atoms with E-state index in [-0.39, 0.29) is 0 Å². The number of nitrogens with one attached hydrogen (secondary N) is 1. The third kappa shape index (κ3) is 3.03. The summed E-state index contributed by atoms with van der Waals surface area (Å²) >= 11 is 0. The highest BCUT2D eigenvalue weighted by atomic mass is 16.4. The van der Waals surface area contributed by atoms with Gasteiger partial charge in [-0.2, -0.15) is 0 Å². The maximum absolute atomic E-state index is 10.9. The predicted octanol–water partition coefficient (Wildman–Crippen LogP) is 0.466. The van der Waals surface area contributed by atoms with Crippen molar-refractivity contribution in [2.75, 3.05) is 0 Å². The molecule has 0 saturated heterocycles. The van der Waals surface area contributed by atoms with E-state index in [2.05, 4.69) is 15.5 Å². The van der Waals surface area contributed by atoms with Gasteiger partial charge in [-0.1, -0.05) is 13.3 Å². The molecule has 0 radical (unpaired) electrons. The summed E-state index contributed by atoms with van der Waals surface area (Å²) in [4.78, 5) is 10.9. The number of aromatic nitrogens is 3. The van der Waals surface area contributed by atoms with Crippen LogP contribution in [0.2, 0.25) is 0 Å². The van der Waals surface area contributed by atoms with E-state index in [4.69, 9.17) is 5.11 Å². The van der Waals surface area contributed by atoms with E-state index in [1.54, 1.807) is 0 Å². The molecule has 0 spiro atoms. The van der Waals surface area contributed by atoms with Crippen LogP contribution in [0.25, 0.3) is 0 Å². The molecule has 1 rings (SSSR count). The molecule has 0 saturated carbocycles. The third-order valence-electron chi connectivity index (χ3n) is 2.56. The molecule has 16 heavy (non-hydrogen) atoms. The van der Waals surface area contributed by atoms with Crippen molar-refractivity contribution in [3.8, 4) is 0 Å². The first-order valence-electron chi connectivity index (χ1n) is 5.37. The van der Waals surface area contributed by atoms with E-state index in [1.165, 1.54) is 0 Å². The molecule has 90 valence electrons. The smallest absolute Gasteiger partial charge is 0.320 e. The van der Waals surface area contributed by atoms with Crippen LogP contribution in [-0.2, 0) is 18.4 Å². The lowest BCUT2D eigenvalue weighted by molar-refractivity contribution is -0.139. The number of aliphatic carboxylic acids is 1. The van der Waals surface area contributed by atoms with Crippen LogP contribution in [0.3, 0.4) is 0 Å². The summed E-state index contributed by atoms with van der Waals surface area (Å²) in [5, 5.41) is 19.8. The second-order valence-electron chi connectivity index (χ2n) is 3.78. The molecule has 0 fully saturated rings. The summed E-state index contributed by atoms with van der Waals surface area (Å²) in [5.41, 5.74) is 0. The lowest BCUT2D eigenvalue weighted by Gasteiger charge is -2.12. The largest absolute Gasteiger partial charge is 0.480 e. The second kappa shape index (κ2) is 5.60. The Kier molecular flexibility index (Phi) is 4.42. The normalized spacial score (nSPS) is 12.7. The van der Waals surface area contributed by atoms with Crippen molar-refractivity contribution >= 4 is 5.97 Å². The Labute approximate surface area is 94.7 Å². The quantitative estimate of drug-likeness (QED) is 0.737. The van der Waals surface area contributed by atoms with Gasteiger partial charge in [0.15, 0.2) is 0 Å². The van der Waals surface area contributed by atoms with Crippen LogP contribution in [0.15, 0.2) is 0 Å². The number of hydrogen-bond donors (Lipinski definition) is 2. The molecule has 1 aromatic rings.